The summed E-state index contributed by atoms with van der Waals surface area (Å²) in [5.41, 5.74) is 1.68. The molecule has 2 aromatic carbocycles. The van der Waals surface area contributed by atoms with Crippen molar-refractivity contribution < 1.29 is 47.5 Å². The molecule has 50 heavy (non-hydrogen) atoms. The van der Waals surface area contributed by atoms with Crippen molar-refractivity contribution in [3.8, 4) is 0 Å². The SMILES string of the molecule is COC(=O)[C@@H]1C[C@@H](OCCCOCc2ccccc2)CN1.COC(=O)[C@@H]1C[C@@H](OCCCOCc2ccccc2)CN1C(=O)OC(C)(C)C.Cl. The molecule has 2 saturated heterocycles. The maximum absolute atomic E-state index is 12.4. The highest BCUT2D eigenvalue weighted by atomic mass is 35.5. The van der Waals surface area contributed by atoms with Gasteiger partial charge in [0.15, 0.2) is 0 Å². The molecule has 0 aliphatic carbocycles. The molecular weight excluding hydrogens is 668 g/mol. The fourth-order valence-corrected chi connectivity index (χ4v) is 5.30. The molecule has 2 fully saturated rings. The first-order valence-corrected chi connectivity index (χ1v) is 16.9. The minimum atomic E-state index is -0.681. The van der Waals surface area contributed by atoms with Gasteiger partial charge in [-0.3, -0.25) is 9.69 Å². The Balaban J connectivity index is 0.000000353. The molecule has 1 N–H and O–H groups in total. The van der Waals surface area contributed by atoms with Gasteiger partial charge < -0.3 is 38.5 Å². The molecule has 0 bridgehead atoms. The number of hydrogen-bond donors (Lipinski definition) is 1. The number of amides is 1. The number of hydrogen-bond acceptors (Lipinski definition) is 11. The summed E-state index contributed by atoms with van der Waals surface area (Å²) in [5.74, 6) is -0.671. The van der Waals surface area contributed by atoms with Crippen LogP contribution in [0.15, 0.2) is 60.7 Å². The average Bonchev–Trinajstić information content (AvgIpc) is 3.76. The van der Waals surface area contributed by atoms with E-state index in [1.54, 1.807) is 20.8 Å². The minimum absolute atomic E-state index is 0. The van der Waals surface area contributed by atoms with Crippen LogP contribution in [-0.4, -0.2) is 107 Å². The van der Waals surface area contributed by atoms with Crippen molar-refractivity contribution in [3.63, 3.8) is 0 Å². The van der Waals surface area contributed by atoms with E-state index >= 15 is 0 Å². The van der Waals surface area contributed by atoms with E-state index in [1.165, 1.54) is 24.7 Å². The van der Waals surface area contributed by atoms with E-state index < -0.39 is 23.7 Å². The molecular formula is C37H55ClN2O10. The Morgan fingerprint density at radius 1 is 0.740 bits per heavy atom. The van der Waals surface area contributed by atoms with Crippen LogP contribution in [0.3, 0.4) is 0 Å². The number of nitrogens with zero attached hydrogens (tertiary/aromatic N) is 1. The minimum Gasteiger partial charge on any atom is -0.468 e. The molecule has 0 saturated carbocycles. The number of carbonyl (C=O) groups excluding carboxylic acids is 3. The summed E-state index contributed by atoms with van der Waals surface area (Å²) >= 11 is 0. The fourth-order valence-electron chi connectivity index (χ4n) is 5.30. The lowest BCUT2D eigenvalue weighted by Crippen LogP contribution is -2.44. The summed E-state index contributed by atoms with van der Waals surface area (Å²) < 4.78 is 37.7. The second-order valence-corrected chi connectivity index (χ2v) is 12.9. The molecule has 13 heteroatoms. The average molecular weight is 723 g/mol. The highest BCUT2D eigenvalue weighted by Gasteiger charge is 2.42. The summed E-state index contributed by atoms with van der Waals surface area (Å²) in [5, 5.41) is 3.10. The van der Waals surface area contributed by atoms with E-state index in [9.17, 15) is 14.4 Å². The third-order valence-corrected chi connectivity index (χ3v) is 7.74. The molecule has 2 heterocycles. The molecule has 1 amide bonds. The Kier molecular flexibility index (Phi) is 20.0. The summed E-state index contributed by atoms with van der Waals surface area (Å²) in [4.78, 5) is 37.2. The number of esters is 2. The van der Waals surface area contributed by atoms with Crippen molar-refractivity contribution in [2.75, 3.05) is 53.7 Å². The second-order valence-electron chi connectivity index (χ2n) is 12.9. The zero-order valence-electron chi connectivity index (χ0n) is 30.0. The third kappa shape index (κ3) is 16.2. The number of halogens is 1. The summed E-state index contributed by atoms with van der Waals surface area (Å²) in [6.07, 6.45) is 1.99. The molecule has 2 aromatic rings. The van der Waals surface area contributed by atoms with Crippen LogP contribution in [0.5, 0.6) is 0 Å². The highest BCUT2D eigenvalue weighted by Crippen LogP contribution is 2.24. The summed E-state index contributed by atoms with van der Waals surface area (Å²) in [6, 6.07) is 19.2. The van der Waals surface area contributed by atoms with Gasteiger partial charge in [0.25, 0.3) is 0 Å². The molecule has 0 aromatic heterocycles. The lowest BCUT2D eigenvalue weighted by Gasteiger charge is -2.27. The van der Waals surface area contributed by atoms with Crippen molar-refractivity contribution in [3.05, 3.63) is 71.8 Å². The Bertz CT molecular complexity index is 1250. The maximum atomic E-state index is 12.4. The van der Waals surface area contributed by atoms with Gasteiger partial charge in [-0.15, -0.1) is 12.4 Å². The Labute approximate surface area is 302 Å². The number of benzene rings is 2. The number of nitrogens with one attached hydrogen (secondary N) is 1. The second kappa shape index (κ2) is 23.3. The number of likely N-dealkylation sites (tertiary alicyclic amines) is 1. The van der Waals surface area contributed by atoms with Gasteiger partial charge in [-0.1, -0.05) is 60.7 Å². The molecule has 2 aliphatic heterocycles. The first kappa shape index (κ1) is 42.9. The third-order valence-electron chi connectivity index (χ3n) is 7.74. The van der Waals surface area contributed by atoms with Gasteiger partial charge in [0.2, 0.25) is 0 Å². The predicted molar refractivity (Wildman–Crippen MR) is 190 cm³/mol. The van der Waals surface area contributed by atoms with Crippen LogP contribution >= 0.6 is 12.4 Å². The van der Waals surface area contributed by atoms with Crippen LogP contribution in [0.1, 0.15) is 57.6 Å². The first-order valence-electron chi connectivity index (χ1n) is 16.9. The normalized spacial score (nSPS) is 19.9. The molecule has 2 aliphatic rings. The van der Waals surface area contributed by atoms with Crippen LogP contribution in [0.2, 0.25) is 0 Å². The van der Waals surface area contributed by atoms with Gasteiger partial charge in [0.1, 0.15) is 17.7 Å². The molecule has 4 atom stereocenters. The maximum Gasteiger partial charge on any atom is 0.411 e. The number of carbonyl (C=O) groups is 3. The van der Waals surface area contributed by atoms with E-state index in [2.05, 4.69) is 5.32 Å². The Morgan fingerprint density at radius 2 is 1.26 bits per heavy atom. The number of methoxy groups -OCH3 is 2. The van der Waals surface area contributed by atoms with Crippen LogP contribution < -0.4 is 5.32 Å². The molecule has 0 spiro atoms. The van der Waals surface area contributed by atoms with Gasteiger partial charge in [0.05, 0.1) is 46.2 Å². The zero-order valence-corrected chi connectivity index (χ0v) is 30.8. The van der Waals surface area contributed by atoms with Crippen molar-refractivity contribution in [1.82, 2.24) is 10.2 Å². The topological polar surface area (TPSA) is 131 Å². The fraction of sp³-hybridized carbons (Fsp3) is 0.595. The van der Waals surface area contributed by atoms with E-state index in [-0.39, 0.29) is 36.6 Å². The van der Waals surface area contributed by atoms with Crippen LogP contribution in [-0.2, 0) is 56.0 Å². The molecule has 0 radical (unpaired) electrons. The lowest BCUT2D eigenvalue weighted by molar-refractivity contribution is -0.146. The number of ether oxygens (including phenoxy) is 7. The standard InChI is InChI=1S/C21H31NO6.C16H23NO4.ClH/c1-21(2,3)28-20(24)22-14-17(13-18(22)19(23)25-4)27-12-8-11-26-15-16-9-6-5-7-10-16;1-19-16(18)15-10-14(11-17-15)21-9-5-8-20-12-13-6-3-2-4-7-13;/h5-7,9-10,17-18H,8,11-15H2,1-4H3;2-4,6-7,14-15,17H,5,8-12H2,1H3;1H/t17-,18+;14-,15+;/m11./s1. The van der Waals surface area contributed by atoms with Gasteiger partial charge >= 0.3 is 18.0 Å². The largest absolute Gasteiger partial charge is 0.468 e. The summed E-state index contributed by atoms with van der Waals surface area (Å²) in [6.45, 7) is 9.98. The van der Waals surface area contributed by atoms with E-state index in [0.717, 1.165) is 18.4 Å². The van der Waals surface area contributed by atoms with Gasteiger partial charge in [-0.25, -0.2) is 9.59 Å². The van der Waals surface area contributed by atoms with Crippen molar-refractivity contribution in [2.45, 2.75) is 89.6 Å². The predicted octanol–water partition coefficient (Wildman–Crippen LogP) is 5.10. The monoisotopic (exact) mass is 722 g/mol. The van der Waals surface area contributed by atoms with Crippen LogP contribution in [0.4, 0.5) is 4.79 Å². The van der Waals surface area contributed by atoms with E-state index in [1.807, 2.05) is 60.7 Å². The molecule has 4 rings (SSSR count). The van der Waals surface area contributed by atoms with Crippen LogP contribution in [0, 0.1) is 0 Å². The molecule has 12 nitrogen and oxygen atoms in total. The Morgan fingerprint density at radius 3 is 1.76 bits per heavy atom. The van der Waals surface area contributed by atoms with E-state index in [0.29, 0.717) is 65.6 Å². The lowest BCUT2D eigenvalue weighted by atomic mass is 10.2. The summed E-state index contributed by atoms with van der Waals surface area (Å²) in [7, 11) is 2.72. The van der Waals surface area contributed by atoms with Gasteiger partial charge in [-0.05, 0) is 44.7 Å². The van der Waals surface area contributed by atoms with Crippen molar-refractivity contribution >= 4 is 30.4 Å². The van der Waals surface area contributed by atoms with Gasteiger partial charge in [-0.2, -0.15) is 0 Å². The number of rotatable bonds is 16. The smallest absolute Gasteiger partial charge is 0.411 e. The van der Waals surface area contributed by atoms with Crippen LogP contribution in [0.25, 0.3) is 0 Å². The van der Waals surface area contributed by atoms with Gasteiger partial charge in [0, 0.05) is 45.8 Å². The molecule has 0 unspecified atom stereocenters. The Hall–Kier alpha value is -3.26. The first-order chi connectivity index (χ1) is 23.6. The quantitative estimate of drug-likeness (QED) is 0.141. The van der Waals surface area contributed by atoms with Crippen molar-refractivity contribution in [1.29, 1.82) is 0 Å². The molecule has 280 valence electrons. The van der Waals surface area contributed by atoms with Crippen molar-refractivity contribution in [2.24, 2.45) is 0 Å². The highest BCUT2D eigenvalue weighted by molar-refractivity contribution is 5.85. The zero-order chi connectivity index (χ0) is 35.5. The van der Waals surface area contributed by atoms with E-state index in [4.69, 9.17) is 33.2 Å².